The van der Waals surface area contributed by atoms with Crippen LogP contribution in [0.2, 0.25) is 0 Å². The molecule has 1 heterocycles. The fraction of sp³-hybridized carbons (Fsp3) is 0.333. The number of nitrogens with two attached hydrogens (primary N) is 1. The maximum atomic E-state index is 11.6. The van der Waals surface area contributed by atoms with Gasteiger partial charge in [-0.2, -0.15) is 0 Å². The predicted octanol–water partition coefficient (Wildman–Crippen LogP) is 1.90. The summed E-state index contributed by atoms with van der Waals surface area (Å²) in [5, 5.41) is 0. The number of aromatic nitrogens is 2. The fourth-order valence-electron chi connectivity index (χ4n) is 2.80. The molecule has 0 bridgehead atoms. The highest BCUT2D eigenvalue weighted by molar-refractivity contribution is 5.92. The maximum Gasteiger partial charge on any atom is 0.360 e. The monoisotopic (exact) mass is 271 g/mol. The summed E-state index contributed by atoms with van der Waals surface area (Å²) in [6.07, 6.45) is 1.04. The average molecular weight is 271 g/mol. The highest BCUT2D eigenvalue weighted by Crippen LogP contribution is 2.36. The van der Waals surface area contributed by atoms with Gasteiger partial charge in [-0.15, -0.1) is 0 Å². The van der Waals surface area contributed by atoms with Gasteiger partial charge in [0, 0.05) is 12.5 Å². The Labute approximate surface area is 117 Å². The minimum atomic E-state index is -0.488. The third kappa shape index (κ3) is 1.86. The van der Waals surface area contributed by atoms with Gasteiger partial charge in [0.2, 0.25) is 0 Å². The van der Waals surface area contributed by atoms with Crippen molar-refractivity contribution in [1.82, 2.24) is 9.55 Å². The second kappa shape index (κ2) is 4.67. The summed E-state index contributed by atoms with van der Waals surface area (Å²) >= 11 is 0. The molecule has 2 aromatic rings. The average Bonchev–Trinajstić information content (AvgIpc) is 2.71. The number of imidazole rings is 1. The third-order valence-corrected chi connectivity index (χ3v) is 3.94. The highest BCUT2D eigenvalue weighted by atomic mass is 16.5. The largest absolute Gasteiger partial charge is 0.464 e. The normalized spacial score (nSPS) is 16.4. The van der Waals surface area contributed by atoms with Crippen molar-refractivity contribution in [3.63, 3.8) is 0 Å². The molecule has 1 aromatic heterocycles. The summed E-state index contributed by atoms with van der Waals surface area (Å²) in [6, 6.07) is 8.40. The van der Waals surface area contributed by atoms with Gasteiger partial charge in [-0.1, -0.05) is 24.3 Å². The Morgan fingerprint density at radius 1 is 1.50 bits per heavy atom. The number of methoxy groups -OCH3 is 1. The Hall–Kier alpha value is -2.30. The minimum Gasteiger partial charge on any atom is -0.464 e. The molecule has 5 heteroatoms. The zero-order valence-electron chi connectivity index (χ0n) is 11.6. The summed E-state index contributed by atoms with van der Waals surface area (Å²) in [5.41, 5.74) is 8.98. The first-order valence-corrected chi connectivity index (χ1v) is 6.60. The molecule has 0 saturated heterocycles. The van der Waals surface area contributed by atoms with Crippen LogP contribution in [0.25, 0.3) is 0 Å². The van der Waals surface area contributed by atoms with Gasteiger partial charge in [-0.25, -0.2) is 9.78 Å². The number of fused-ring (bicyclic) bond motifs is 1. The van der Waals surface area contributed by atoms with E-state index in [2.05, 4.69) is 29.2 Å². The molecule has 20 heavy (non-hydrogen) atoms. The SMILES string of the molecule is COC(=O)c1nc(C)n(CC2Cc3ccccc32)c1N. The first-order chi connectivity index (χ1) is 9.61. The Bertz CT molecular complexity index is 676. The Balaban J connectivity index is 1.86. The van der Waals surface area contributed by atoms with Crippen molar-refractivity contribution in [2.45, 2.75) is 25.8 Å². The summed E-state index contributed by atoms with van der Waals surface area (Å²) in [5.74, 6) is 1.08. The molecule has 0 spiro atoms. The van der Waals surface area contributed by atoms with Crippen LogP contribution in [0, 0.1) is 6.92 Å². The minimum absolute atomic E-state index is 0.206. The molecule has 1 aromatic carbocycles. The topological polar surface area (TPSA) is 70.1 Å². The van der Waals surface area contributed by atoms with Crippen LogP contribution in [0.5, 0.6) is 0 Å². The molecule has 3 rings (SSSR count). The van der Waals surface area contributed by atoms with E-state index in [-0.39, 0.29) is 5.69 Å². The smallest absolute Gasteiger partial charge is 0.360 e. The van der Waals surface area contributed by atoms with Crippen molar-refractivity contribution >= 4 is 11.8 Å². The van der Waals surface area contributed by atoms with E-state index < -0.39 is 5.97 Å². The molecular formula is C15H17N3O2. The number of hydrogen-bond acceptors (Lipinski definition) is 4. The lowest BCUT2D eigenvalue weighted by molar-refractivity contribution is 0.0595. The number of nitrogens with zero attached hydrogens (tertiary/aromatic N) is 2. The van der Waals surface area contributed by atoms with Crippen LogP contribution in [-0.4, -0.2) is 22.6 Å². The van der Waals surface area contributed by atoms with Gasteiger partial charge in [0.05, 0.1) is 7.11 Å². The molecule has 1 atom stereocenters. The quantitative estimate of drug-likeness (QED) is 0.866. The van der Waals surface area contributed by atoms with Gasteiger partial charge in [0.1, 0.15) is 11.6 Å². The number of ether oxygens (including phenoxy) is 1. The number of carbonyl (C=O) groups excluding carboxylic acids is 1. The predicted molar refractivity (Wildman–Crippen MR) is 75.6 cm³/mol. The van der Waals surface area contributed by atoms with E-state index in [1.807, 2.05) is 11.5 Å². The summed E-state index contributed by atoms with van der Waals surface area (Å²) in [4.78, 5) is 15.8. The Kier molecular flexibility index (Phi) is 2.97. The second-order valence-corrected chi connectivity index (χ2v) is 5.09. The molecule has 0 aliphatic heterocycles. The zero-order valence-corrected chi connectivity index (χ0v) is 11.6. The Morgan fingerprint density at radius 2 is 2.25 bits per heavy atom. The van der Waals surface area contributed by atoms with E-state index in [0.29, 0.717) is 11.7 Å². The first-order valence-electron chi connectivity index (χ1n) is 6.60. The fourth-order valence-corrected chi connectivity index (χ4v) is 2.80. The lowest BCUT2D eigenvalue weighted by Crippen LogP contribution is -2.23. The number of carbonyl (C=O) groups is 1. The number of hydrogen-bond donors (Lipinski definition) is 1. The van der Waals surface area contributed by atoms with Crippen molar-refractivity contribution in [2.24, 2.45) is 0 Å². The summed E-state index contributed by atoms with van der Waals surface area (Å²) < 4.78 is 6.59. The van der Waals surface area contributed by atoms with E-state index in [1.165, 1.54) is 18.2 Å². The van der Waals surface area contributed by atoms with Crippen molar-refractivity contribution in [3.05, 3.63) is 46.9 Å². The molecule has 1 unspecified atom stereocenters. The Morgan fingerprint density at radius 3 is 2.95 bits per heavy atom. The number of esters is 1. The molecule has 1 aliphatic carbocycles. The number of aryl methyl sites for hydroxylation is 1. The van der Waals surface area contributed by atoms with E-state index >= 15 is 0 Å². The standard InChI is InChI=1S/C15H17N3O2/c1-9-17-13(15(19)20-2)14(16)18(9)8-11-7-10-5-3-4-6-12(10)11/h3-6,11H,7-8,16H2,1-2H3. The third-order valence-electron chi connectivity index (χ3n) is 3.94. The van der Waals surface area contributed by atoms with Crippen molar-refractivity contribution < 1.29 is 9.53 Å². The van der Waals surface area contributed by atoms with Crippen molar-refractivity contribution in [1.29, 1.82) is 0 Å². The number of rotatable bonds is 3. The van der Waals surface area contributed by atoms with Crippen LogP contribution >= 0.6 is 0 Å². The summed E-state index contributed by atoms with van der Waals surface area (Å²) in [7, 11) is 1.33. The first kappa shape index (κ1) is 12.7. The number of benzene rings is 1. The molecule has 0 radical (unpaired) electrons. The number of anilines is 1. The van der Waals surface area contributed by atoms with Crippen LogP contribution in [-0.2, 0) is 17.7 Å². The van der Waals surface area contributed by atoms with Crippen LogP contribution in [0.15, 0.2) is 24.3 Å². The van der Waals surface area contributed by atoms with Crippen LogP contribution < -0.4 is 5.73 Å². The number of nitrogen functional groups attached to an aromatic ring is 1. The van der Waals surface area contributed by atoms with Crippen LogP contribution in [0.3, 0.4) is 0 Å². The maximum absolute atomic E-state index is 11.6. The van der Waals surface area contributed by atoms with Gasteiger partial charge < -0.3 is 15.0 Å². The lowest BCUT2D eigenvalue weighted by atomic mass is 9.77. The van der Waals surface area contributed by atoms with Gasteiger partial charge in [-0.05, 0) is 24.5 Å². The van der Waals surface area contributed by atoms with Gasteiger partial charge in [0.25, 0.3) is 0 Å². The van der Waals surface area contributed by atoms with Crippen molar-refractivity contribution in [2.75, 3.05) is 12.8 Å². The van der Waals surface area contributed by atoms with Crippen LogP contribution in [0.1, 0.15) is 33.4 Å². The molecule has 0 fully saturated rings. The van der Waals surface area contributed by atoms with Crippen LogP contribution in [0.4, 0.5) is 5.82 Å². The van der Waals surface area contributed by atoms with E-state index in [1.54, 1.807) is 0 Å². The second-order valence-electron chi connectivity index (χ2n) is 5.09. The molecule has 104 valence electrons. The highest BCUT2D eigenvalue weighted by Gasteiger charge is 2.28. The van der Waals surface area contributed by atoms with Crippen molar-refractivity contribution in [3.8, 4) is 0 Å². The van der Waals surface area contributed by atoms with Gasteiger partial charge in [-0.3, -0.25) is 0 Å². The molecule has 2 N–H and O–H groups in total. The van der Waals surface area contributed by atoms with Gasteiger partial charge >= 0.3 is 5.97 Å². The zero-order chi connectivity index (χ0) is 14.3. The van der Waals surface area contributed by atoms with Gasteiger partial charge in [0.15, 0.2) is 5.69 Å². The molecular weight excluding hydrogens is 254 g/mol. The lowest BCUT2D eigenvalue weighted by Gasteiger charge is -2.30. The molecule has 0 saturated carbocycles. The van der Waals surface area contributed by atoms with E-state index in [0.717, 1.165) is 18.8 Å². The molecule has 5 nitrogen and oxygen atoms in total. The summed E-state index contributed by atoms with van der Waals surface area (Å²) in [6.45, 7) is 2.60. The molecule has 1 aliphatic rings. The molecule has 0 amide bonds. The van der Waals surface area contributed by atoms with E-state index in [4.69, 9.17) is 10.5 Å². The van der Waals surface area contributed by atoms with E-state index in [9.17, 15) is 4.79 Å².